The first kappa shape index (κ1) is 22.5. The predicted octanol–water partition coefficient (Wildman–Crippen LogP) is 4.96. The number of halogens is 2. The Morgan fingerprint density at radius 3 is 2.62 bits per heavy atom. The van der Waals surface area contributed by atoms with Crippen LogP contribution in [0.15, 0.2) is 12.2 Å². The molecule has 4 nitrogen and oxygen atoms in total. The molecular weight excluding hydrogens is 342 g/mol. The maximum Gasteiger partial charge on any atom is 0.327 e. The normalized spacial score (nSPS) is 20.8. The van der Waals surface area contributed by atoms with Crippen LogP contribution in [-0.4, -0.2) is 28.6 Å². The first-order valence-electron chi connectivity index (χ1n) is 9.61. The Balaban J connectivity index is 2.39. The molecule has 0 spiro atoms. The average molecular weight is 372 g/mol. The SMILES string of the molecule is CCCCC(F)(F)C(=O)CCC1CCC(=O)C1CCCCC=CC(=O)O. The van der Waals surface area contributed by atoms with Gasteiger partial charge in [0.1, 0.15) is 5.78 Å². The zero-order valence-corrected chi connectivity index (χ0v) is 15.5. The topological polar surface area (TPSA) is 71.4 Å². The predicted molar refractivity (Wildman–Crippen MR) is 95.2 cm³/mol. The van der Waals surface area contributed by atoms with Crippen molar-refractivity contribution in [3.05, 3.63) is 12.2 Å². The summed E-state index contributed by atoms with van der Waals surface area (Å²) in [6, 6.07) is 0. The molecule has 1 aliphatic carbocycles. The molecule has 0 amide bonds. The van der Waals surface area contributed by atoms with Crippen LogP contribution in [0.4, 0.5) is 8.78 Å². The van der Waals surface area contributed by atoms with E-state index in [1.165, 1.54) is 0 Å². The summed E-state index contributed by atoms with van der Waals surface area (Å²) in [5.41, 5.74) is 0. The number of unbranched alkanes of at least 4 members (excludes halogenated alkanes) is 3. The van der Waals surface area contributed by atoms with Crippen LogP contribution >= 0.6 is 0 Å². The van der Waals surface area contributed by atoms with Gasteiger partial charge >= 0.3 is 11.9 Å². The summed E-state index contributed by atoms with van der Waals surface area (Å²) in [4.78, 5) is 34.2. The number of Topliss-reactive ketones (excluding diaryl/α,β-unsaturated/α-hetero) is 2. The fourth-order valence-corrected chi connectivity index (χ4v) is 3.57. The lowest BCUT2D eigenvalue weighted by Gasteiger charge is -2.20. The van der Waals surface area contributed by atoms with Crippen molar-refractivity contribution >= 4 is 17.5 Å². The second kappa shape index (κ2) is 11.2. The second-order valence-electron chi connectivity index (χ2n) is 7.17. The number of aliphatic carboxylic acids is 1. The Bertz CT molecular complexity index is 514. The third-order valence-electron chi connectivity index (χ3n) is 5.13. The zero-order valence-electron chi connectivity index (χ0n) is 15.5. The summed E-state index contributed by atoms with van der Waals surface area (Å²) in [7, 11) is 0. The Morgan fingerprint density at radius 2 is 1.96 bits per heavy atom. The van der Waals surface area contributed by atoms with Gasteiger partial charge in [0.15, 0.2) is 0 Å². The van der Waals surface area contributed by atoms with Crippen molar-refractivity contribution in [2.75, 3.05) is 0 Å². The van der Waals surface area contributed by atoms with Crippen molar-refractivity contribution < 1.29 is 28.3 Å². The monoisotopic (exact) mass is 372 g/mol. The van der Waals surface area contributed by atoms with Crippen LogP contribution in [-0.2, 0) is 14.4 Å². The van der Waals surface area contributed by atoms with Crippen LogP contribution in [0.5, 0.6) is 0 Å². The number of carboxylic acids is 1. The van der Waals surface area contributed by atoms with Gasteiger partial charge in [0.2, 0.25) is 5.78 Å². The van der Waals surface area contributed by atoms with Crippen LogP contribution in [0, 0.1) is 11.8 Å². The molecule has 0 aromatic rings. The molecule has 1 fully saturated rings. The number of carboxylic acid groups (broad SMARTS) is 1. The fourth-order valence-electron chi connectivity index (χ4n) is 3.57. The first-order chi connectivity index (χ1) is 12.3. The van der Waals surface area contributed by atoms with Crippen molar-refractivity contribution in [3.8, 4) is 0 Å². The molecule has 0 aromatic carbocycles. The van der Waals surface area contributed by atoms with E-state index in [9.17, 15) is 23.2 Å². The van der Waals surface area contributed by atoms with Gasteiger partial charge in [0, 0.05) is 31.3 Å². The smallest absolute Gasteiger partial charge is 0.327 e. The number of hydrogen-bond acceptors (Lipinski definition) is 3. The van der Waals surface area contributed by atoms with Crippen molar-refractivity contribution in [3.63, 3.8) is 0 Å². The van der Waals surface area contributed by atoms with E-state index in [0.29, 0.717) is 44.9 Å². The minimum atomic E-state index is -3.25. The van der Waals surface area contributed by atoms with E-state index in [1.807, 2.05) is 6.92 Å². The lowest BCUT2D eigenvalue weighted by Crippen LogP contribution is -2.29. The summed E-state index contributed by atoms with van der Waals surface area (Å²) in [5.74, 6) is -5.18. The molecule has 0 aromatic heterocycles. The summed E-state index contributed by atoms with van der Waals surface area (Å²) >= 11 is 0. The highest BCUT2D eigenvalue weighted by molar-refractivity contribution is 5.86. The standard InChI is InChI=1S/C20H30F2O4/c1-2-3-14-20(21,22)18(24)13-11-15-10-12-17(23)16(15)8-6-4-5-7-9-19(25)26/h7,9,15-16H,2-6,8,10-14H2,1H3,(H,25,26). The van der Waals surface area contributed by atoms with E-state index < -0.39 is 17.7 Å². The minimum Gasteiger partial charge on any atom is -0.478 e. The van der Waals surface area contributed by atoms with Crippen LogP contribution < -0.4 is 0 Å². The molecule has 0 saturated heterocycles. The van der Waals surface area contributed by atoms with Crippen LogP contribution in [0.1, 0.15) is 77.6 Å². The van der Waals surface area contributed by atoms with Gasteiger partial charge in [-0.3, -0.25) is 9.59 Å². The number of ketones is 2. The molecule has 0 bridgehead atoms. The quantitative estimate of drug-likeness (QED) is 0.366. The van der Waals surface area contributed by atoms with Crippen LogP contribution in [0.25, 0.3) is 0 Å². The van der Waals surface area contributed by atoms with Gasteiger partial charge < -0.3 is 5.11 Å². The van der Waals surface area contributed by atoms with Gasteiger partial charge in [-0.2, -0.15) is 8.78 Å². The zero-order chi connectivity index (χ0) is 19.6. The number of carbonyl (C=O) groups is 3. The third-order valence-corrected chi connectivity index (χ3v) is 5.13. The van der Waals surface area contributed by atoms with Crippen molar-refractivity contribution in [2.24, 2.45) is 11.8 Å². The van der Waals surface area contributed by atoms with Gasteiger partial charge in [0.25, 0.3) is 0 Å². The molecular formula is C20H30F2O4. The van der Waals surface area contributed by atoms with Gasteiger partial charge in [-0.1, -0.05) is 25.8 Å². The molecule has 1 rings (SSSR count). The van der Waals surface area contributed by atoms with E-state index in [2.05, 4.69) is 0 Å². The Kier molecular flexibility index (Phi) is 9.66. The largest absolute Gasteiger partial charge is 0.478 e. The Morgan fingerprint density at radius 1 is 1.23 bits per heavy atom. The molecule has 0 heterocycles. The van der Waals surface area contributed by atoms with Crippen LogP contribution in [0.3, 0.4) is 0 Å². The van der Waals surface area contributed by atoms with E-state index >= 15 is 0 Å². The highest BCUT2D eigenvalue weighted by Crippen LogP contribution is 2.37. The molecule has 0 aliphatic heterocycles. The molecule has 1 aliphatic rings. The number of allylic oxidation sites excluding steroid dienone is 1. The maximum atomic E-state index is 13.8. The molecule has 1 saturated carbocycles. The molecule has 2 unspecified atom stereocenters. The molecule has 6 heteroatoms. The van der Waals surface area contributed by atoms with Crippen molar-refractivity contribution in [2.45, 2.75) is 83.5 Å². The van der Waals surface area contributed by atoms with Crippen LogP contribution in [0.2, 0.25) is 0 Å². The number of carbonyl (C=O) groups excluding carboxylic acids is 2. The Labute approximate surface area is 154 Å². The fraction of sp³-hybridized carbons (Fsp3) is 0.750. The molecule has 26 heavy (non-hydrogen) atoms. The number of alkyl halides is 2. The summed E-state index contributed by atoms with van der Waals surface area (Å²) in [5, 5.41) is 8.51. The lowest BCUT2D eigenvalue weighted by atomic mass is 9.86. The number of rotatable bonds is 13. The van der Waals surface area contributed by atoms with Gasteiger partial charge in [-0.15, -0.1) is 0 Å². The summed E-state index contributed by atoms with van der Waals surface area (Å²) in [6.45, 7) is 1.81. The average Bonchev–Trinajstić information content (AvgIpc) is 2.93. The first-order valence-corrected chi connectivity index (χ1v) is 9.61. The van der Waals surface area contributed by atoms with Crippen molar-refractivity contribution in [1.29, 1.82) is 0 Å². The molecule has 0 radical (unpaired) electrons. The van der Waals surface area contributed by atoms with Gasteiger partial charge in [-0.25, -0.2) is 4.79 Å². The highest BCUT2D eigenvalue weighted by Gasteiger charge is 2.39. The van der Waals surface area contributed by atoms with E-state index in [0.717, 1.165) is 18.9 Å². The lowest BCUT2D eigenvalue weighted by molar-refractivity contribution is -0.144. The molecule has 2 atom stereocenters. The van der Waals surface area contributed by atoms with E-state index in [4.69, 9.17) is 5.11 Å². The maximum absolute atomic E-state index is 13.8. The third kappa shape index (κ3) is 7.75. The second-order valence-corrected chi connectivity index (χ2v) is 7.17. The van der Waals surface area contributed by atoms with Gasteiger partial charge in [-0.05, 0) is 44.4 Å². The highest BCUT2D eigenvalue weighted by atomic mass is 19.3. The summed E-state index contributed by atoms with van der Waals surface area (Å²) in [6.07, 6.45) is 7.51. The molecule has 1 N–H and O–H groups in total. The number of hydrogen-bond donors (Lipinski definition) is 1. The summed E-state index contributed by atoms with van der Waals surface area (Å²) < 4.78 is 27.5. The van der Waals surface area contributed by atoms with Gasteiger partial charge in [0.05, 0.1) is 0 Å². The van der Waals surface area contributed by atoms with E-state index in [1.54, 1.807) is 6.08 Å². The van der Waals surface area contributed by atoms with Crippen molar-refractivity contribution in [1.82, 2.24) is 0 Å². The molecule has 148 valence electrons. The Hall–Kier alpha value is -1.59. The van der Waals surface area contributed by atoms with E-state index in [-0.39, 0.29) is 30.5 Å². The minimum absolute atomic E-state index is 0.0167.